The molecule has 0 saturated heterocycles. The second kappa shape index (κ2) is 11.8. The highest BCUT2D eigenvalue weighted by Crippen LogP contribution is 2.09. The summed E-state index contributed by atoms with van der Waals surface area (Å²) in [7, 11) is 0. The number of benzene rings is 1. The van der Waals surface area contributed by atoms with Crippen molar-refractivity contribution >= 4 is 29.9 Å². The van der Waals surface area contributed by atoms with Gasteiger partial charge in [-0.05, 0) is 37.8 Å². The maximum atomic E-state index is 4.63. The summed E-state index contributed by atoms with van der Waals surface area (Å²) in [5.74, 6) is 2.38. The second-order valence-electron chi connectivity index (χ2n) is 6.11. The predicted octanol–water partition coefficient (Wildman–Crippen LogP) is 3.38. The summed E-state index contributed by atoms with van der Waals surface area (Å²) in [6, 6.07) is 10.1. The Morgan fingerprint density at radius 1 is 1.20 bits per heavy atom. The minimum Gasteiger partial charge on any atom is -0.357 e. The highest BCUT2D eigenvalue weighted by Gasteiger charge is 2.06. The predicted molar refractivity (Wildman–Crippen MR) is 114 cm³/mol. The van der Waals surface area contributed by atoms with E-state index in [2.05, 4.69) is 46.6 Å². The van der Waals surface area contributed by atoms with Crippen molar-refractivity contribution in [1.29, 1.82) is 0 Å². The van der Waals surface area contributed by atoms with E-state index in [-0.39, 0.29) is 24.0 Å². The van der Waals surface area contributed by atoms with E-state index in [0.29, 0.717) is 6.54 Å². The fraction of sp³-hybridized carbons (Fsp3) is 0.500. The highest BCUT2D eigenvalue weighted by molar-refractivity contribution is 14.0. The van der Waals surface area contributed by atoms with E-state index in [9.17, 15) is 0 Å². The average Bonchev–Trinajstić information content (AvgIpc) is 3.05. The van der Waals surface area contributed by atoms with Crippen molar-refractivity contribution in [2.45, 2.75) is 40.2 Å². The maximum Gasteiger partial charge on any atom is 0.191 e. The molecule has 7 heteroatoms. The fourth-order valence-corrected chi connectivity index (χ4v) is 2.38. The quantitative estimate of drug-likeness (QED) is 0.277. The minimum absolute atomic E-state index is 0. The van der Waals surface area contributed by atoms with E-state index in [1.807, 2.05) is 34.9 Å². The Labute approximate surface area is 167 Å². The van der Waals surface area contributed by atoms with Crippen LogP contribution in [0, 0.1) is 5.92 Å². The SMILES string of the molecule is CCNC(=NCc1nncn1-c1ccccc1)NCCCC(C)C.I. The van der Waals surface area contributed by atoms with Gasteiger partial charge in [-0.2, -0.15) is 0 Å². The van der Waals surface area contributed by atoms with Gasteiger partial charge in [0.1, 0.15) is 12.9 Å². The number of nitrogens with one attached hydrogen (secondary N) is 2. The van der Waals surface area contributed by atoms with Crippen molar-refractivity contribution in [3.63, 3.8) is 0 Å². The van der Waals surface area contributed by atoms with Gasteiger partial charge in [-0.3, -0.25) is 4.57 Å². The molecule has 2 rings (SSSR count). The Balaban J connectivity index is 0.00000312. The first kappa shape index (κ1) is 21.4. The number of hydrogen-bond donors (Lipinski definition) is 2. The molecular formula is C18H29IN6. The number of aromatic nitrogens is 3. The van der Waals surface area contributed by atoms with Crippen molar-refractivity contribution in [3.8, 4) is 5.69 Å². The third-order valence-electron chi connectivity index (χ3n) is 3.63. The molecule has 6 nitrogen and oxygen atoms in total. The summed E-state index contributed by atoms with van der Waals surface area (Å²) < 4.78 is 1.96. The van der Waals surface area contributed by atoms with Gasteiger partial charge in [-0.15, -0.1) is 34.2 Å². The first-order chi connectivity index (χ1) is 11.7. The maximum absolute atomic E-state index is 4.63. The van der Waals surface area contributed by atoms with Gasteiger partial charge in [-0.1, -0.05) is 32.0 Å². The molecule has 2 aromatic rings. The van der Waals surface area contributed by atoms with Crippen LogP contribution in [0.25, 0.3) is 5.69 Å². The van der Waals surface area contributed by atoms with Crippen LogP contribution < -0.4 is 10.6 Å². The zero-order valence-corrected chi connectivity index (χ0v) is 17.6. The van der Waals surface area contributed by atoms with Crippen LogP contribution in [-0.4, -0.2) is 33.8 Å². The van der Waals surface area contributed by atoms with Crippen LogP contribution >= 0.6 is 24.0 Å². The van der Waals surface area contributed by atoms with Crippen LogP contribution in [0.15, 0.2) is 41.7 Å². The molecule has 0 aliphatic carbocycles. The number of nitrogens with zero attached hydrogens (tertiary/aromatic N) is 4. The molecule has 0 saturated carbocycles. The molecule has 0 amide bonds. The van der Waals surface area contributed by atoms with Gasteiger partial charge in [-0.25, -0.2) is 4.99 Å². The molecule has 1 aromatic heterocycles. The Morgan fingerprint density at radius 3 is 2.64 bits per heavy atom. The van der Waals surface area contributed by atoms with E-state index < -0.39 is 0 Å². The lowest BCUT2D eigenvalue weighted by Gasteiger charge is -2.12. The van der Waals surface area contributed by atoms with E-state index >= 15 is 0 Å². The van der Waals surface area contributed by atoms with Crippen LogP contribution in [0.1, 0.15) is 39.4 Å². The normalized spacial score (nSPS) is 11.3. The number of guanidine groups is 1. The minimum atomic E-state index is 0. The van der Waals surface area contributed by atoms with Gasteiger partial charge < -0.3 is 10.6 Å². The van der Waals surface area contributed by atoms with Crippen molar-refractivity contribution in [3.05, 3.63) is 42.5 Å². The number of aliphatic imine (C=N–C) groups is 1. The van der Waals surface area contributed by atoms with Gasteiger partial charge in [0.2, 0.25) is 0 Å². The first-order valence-electron chi connectivity index (χ1n) is 8.67. The van der Waals surface area contributed by atoms with Gasteiger partial charge in [0.05, 0.1) is 0 Å². The van der Waals surface area contributed by atoms with E-state index in [1.165, 1.54) is 6.42 Å². The molecule has 0 spiro atoms. The summed E-state index contributed by atoms with van der Waals surface area (Å²) in [5.41, 5.74) is 1.04. The lowest BCUT2D eigenvalue weighted by Crippen LogP contribution is -2.37. The van der Waals surface area contributed by atoms with Crippen LogP contribution in [0.3, 0.4) is 0 Å². The molecule has 0 bridgehead atoms. The van der Waals surface area contributed by atoms with Crippen LogP contribution in [0.4, 0.5) is 0 Å². The molecule has 1 aromatic carbocycles. The average molecular weight is 456 g/mol. The first-order valence-corrected chi connectivity index (χ1v) is 8.67. The molecule has 0 atom stereocenters. The fourth-order valence-electron chi connectivity index (χ4n) is 2.38. The van der Waals surface area contributed by atoms with Gasteiger partial charge in [0, 0.05) is 18.8 Å². The molecule has 1 heterocycles. The van der Waals surface area contributed by atoms with Crippen molar-refractivity contribution in [2.75, 3.05) is 13.1 Å². The topological polar surface area (TPSA) is 67.1 Å². The standard InChI is InChI=1S/C18H28N6.HI/c1-4-19-18(20-12-8-9-15(2)3)21-13-17-23-22-14-24(17)16-10-6-5-7-11-16;/h5-7,10-11,14-15H,4,8-9,12-13H2,1-3H3,(H2,19,20,21);1H. The molecule has 138 valence electrons. The molecule has 0 aliphatic heterocycles. The lowest BCUT2D eigenvalue weighted by atomic mass is 10.1. The summed E-state index contributed by atoms with van der Waals surface area (Å²) in [5, 5.41) is 14.9. The van der Waals surface area contributed by atoms with E-state index in [0.717, 1.165) is 42.9 Å². The molecule has 0 unspecified atom stereocenters. The van der Waals surface area contributed by atoms with Crippen LogP contribution in [0.5, 0.6) is 0 Å². The Bertz CT molecular complexity index is 624. The number of halogens is 1. The number of hydrogen-bond acceptors (Lipinski definition) is 3. The monoisotopic (exact) mass is 456 g/mol. The van der Waals surface area contributed by atoms with Gasteiger partial charge in [0.25, 0.3) is 0 Å². The third kappa shape index (κ3) is 7.41. The number of para-hydroxylation sites is 1. The Kier molecular flexibility index (Phi) is 10.1. The van der Waals surface area contributed by atoms with Gasteiger partial charge in [0.15, 0.2) is 11.8 Å². The van der Waals surface area contributed by atoms with Crippen molar-refractivity contribution in [2.24, 2.45) is 10.9 Å². The lowest BCUT2D eigenvalue weighted by molar-refractivity contribution is 0.549. The highest BCUT2D eigenvalue weighted by atomic mass is 127. The zero-order valence-electron chi connectivity index (χ0n) is 15.3. The largest absolute Gasteiger partial charge is 0.357 e. The van der Waals surface area contributed by atoms with Gasteiger partial charge >= 0.3 is 0 Å². The van der Waals surface area contributed by atoms with Crippen LogP contribution in [-0.2, 0) is 6.54 Å². The summed E-state index contributed by atoms with van der Waals surface area (Å²) in [6.07, 6.45) is 4.08. The smallest absolute Gasteiger partial charge is 0.191 e. The second-order valence-corrected chi connectivity index (χ2v) is 6.11. The summed E-state index contributed by atoms with van der Waals surface area (Å²) in [4.78, 5) is 4.63. The number of rotatable bonds is 8. The van der Waals surface area contributed by atoms with Crippen molar-refractivity contribution in [1.82, 2.24) is 25.4 Å². The molecule has 2 N–H and O–H groups in total. The Hall–Kier alpha value is -1.64. The summed E-state index contributed by atoms with van der Waals surface area (Å²) in [6.45, 7) is 8.80. The molecular weight excluding hydrogens is 427 g/mol. The summed E-state index contributed by atoms with van der Waals surface area (Å²) >= 11 is 0. The zero-order chi connectivity index (χ0) is 17.2. The molecule has 0 fully saturated rings. The molecule has 0 radical (unpaired) electrons. The third-order valence-corrected chi connectivity index (χ3v) is 3.63. The van der Waals surface area contributed by atoms with E-state index in [1.54, 1.807) is 6.33 Å². The Morgan fingerprint density at radius 2 is 1.96 bits per heavy atom. The van der Waals surface area contributed by atoms with Crippen LogP contribution in [0.2, 0.25) is 0 Å². The van der Waals surface area contributed by atoms with Crippen molar-refractivity contribution < 1.29 is 0 Å². The van der Waals surface area contributed by atoms with E-state index in [4.69, 9.17) is 0 Å². The molecule has 0 aliphatic rings. The molecule has 25 heavy (non-hydrogen) atoms.